The third kappa shape index (κ3) is 7.43. The van der Waals surface area contributed by atoms with Gasteiger partial charge < -0.3 is 31.5 Å². The molecular weight excluding hydrogens is 464 g/mol. The number of phenolic OH excluding ortho intramolecular Hbond substituents is 1. The number of nitrogens with one attached hydrogen (secondary N) is 2. The predicted molar refractivity (Wildman–Crippen MR) is 135 cm³/mol. The van der Waals surface area contributed by atoms with Crippen molar-refractivity contribution in [1.82, 2.24) is 15.5 Å². The maximum Gasteiger partial charge on any atom is 0.326 e. The Hall–Kier alpha value is -3.14. The third-order valence-corrected chi connectivity index (χ3v) is 7.16. The minimum absolute atomic E-state index is 0.0148. The van der Waals surface area contributed by atoms with Gasteiger partial charge in [-0.05, 0) is 42.4 Å². The fraction of sp³-hybridized carbons (Fsp3) is 0.615. The summed E-state index contributed by atoms with van der Waals surface area (Å²) in [6, 6.07) is 2.45. The standard InChI is InChI=1S/C26H40N4O6/c1-5-15(3)21(27)25(34)30-13-7-8-20(30)23(32)29-22(16(4)6-2)24(33)28-19(26(35)36)14-17-9-11-18(31)12-10-17/h9-12,15-16,19-22,31H,5-8,13-14,27H2,1-4H3,(H,28,33)(H,29,32)(H,35,36)/t15-,16-,19-,20-,21-,22-/m0/s1. The predicted octanol–water partition coefficient (Wildman–Crippen LogP) is 1.40. The monoisotopic (exact) mass is 504 g/mol. The SMILES string of the molecule is CC[C@H](C)[C@H](N)C(=O)N1CCC[C@H]1C(=O)N[C@H](C(=O)N[C@@H](Cc1ccc(O)cc1)C(=O)O)[C@@H](C)CC. The zero-order valence-corrected chi connectivity index (χ0v) is 21.6. The van der Waals surface area contributed by atoms with E-state index in [1.165, 1.54) is 17.0 Å². The smallest absolute Gasteiger partial charge is 0.326 e. The van der Waals surface area contributed by atoms with Crippen LogP contribution < -0.4 is 16.4 Å². The molecular formula is C26H40N4O6. The molecule has 6 atom stereocenters. The van der Waals surface area contributed by atoms with E-state index >= 15 is 0 Å². The lowest BCUT2D eigenvalue weighted by atomic mass is 9.96. The molecule has 1 aromatic rings. The minimum Gasteiger partial charge on any atom is -0.508 e. The normalized spacial score (nSPS) is 19.6. The highest BCUT2D eigenvalue weighted by atomic mass is 16.4. The lowest BCUT2D eigenvalue weighted by Crippen LogP contribution is -2.58. The number of carbonyl (C=O) groups excluding carboxylic acids is 3. The molecule has 0 aliphatic carbocycles. The number of carboxylic acids is 1. The van der Waals surface area contributed by atoms with E-state index in [1.807, 2.05) is 20.8 Å². The zero-order chi connectivity index (χ0) is 27.0. The second-order valence-corrected chi connectivity index (χ2v) is 9.74. The summed E-state index contributed by atoms with van der Waals surface area (Å²) in [4.78, 5) is 52.7. The average Bonchev–Trinajstić information content (AvgIpc) is 3.36. The van der Waals surface area contributed by atoms with Gasteiger partial charge in [-0.1, -0.05) is 52.7 Å². The van der Waals surface area contributed by atoms with Crippen molar-refractivity contribution in [1.29, 1.82) is 0 Å². The van der Waals surface area contributed by atoms with E-state index in [1.54, 1.807) is 19.1 Å². The number of aromatic hydroxyl groups is 1. The molecule has 0 radical (unpaired) electrons. The Bertz CT molecular complexity index is 922. The molecule has 1 aliphatic rings. The Kier molecular flexibility index (Phi) is 10.7. The molecule has 10 heteroatoms. The number of carboxylic acid groups (broad SMARTS) is 1. The number of nitrogens with zero attached hydrogens (tertiary/aromatic N) is 1. The van der Waals surface area contributed by atoms with E-state index in [0.29, 0.717) is 31.4 Å². The fourth-order valence-corrected chi connectivity index (χ4v) is 4.27. The first-order valence-electron chi connectivity index (χ1n) is 12.7. The van der Waals surface area contributed by atoms with Crippen molar-refractivity contribution in [3.05, 3.63) is 29.8 Å². The van der Waals surface area contributed by atoms with Crippen LogP contribution in [-0.4, -0.2) is 69.5 Å². The van der Waals surface area contributed by atoms with Gasteiger partial charge in [0.15, 0.2) is 0 Å². The van der Waals surface area contributed by atoms with Crippen LogP contribution in [0.25, 0.3) is 0 Å². The Labute approximate surface area is 212 Å². The van der Waals surface area contributed by atoms with Gasteiger partial charge in [0.1, 0.15) is 23.9 Å². The van der Waals surface area contributed by atoms with Crippen molar-refractivity contribution in [3.8, 4) is 5.75 Å². The molecule has 6 N–H and O–H groups in total. The van der Waals surface area contributed by atoms with Gasteiger partial charge in [0, 0.05) is 13.0 Å². The topological polar surface area (TPSA) is 162 Å². The van der Waals surface area contributed by atoms with Crippen LogP contribution in [0.2, 0.25) is 0 Å². The van der Waals surface area contributed by atoms with Gasteiger partial charge in [-0.15, -0.1) is 0 Å². The summed E-state index contributed by atoms with van der Waals surface area (Å²) in [5.74, 6) is -2.77. The van der Waals surface area contributed by atoms with E-state index in [4.69, 9.17) is 5.73 Å². The number of phenols is 1. The highest BCUT2D eigenvalue weighted by molar-refractivity contribution is 5.94. The lowest BCUT2D eigenvalue weighted by molar-refractivity contribution is -0.143. The quantitative estimate of drug-likeness (QED) is 0.287. The van der Waals surface area contributed by atoms with E-state index in [-0.39, 0.29) is 29.9 Å². The minimum atomic E-state index is -1.22. The number of rotatable bonds is 12. The fourth-order valence-electron chi connectivity index (χ4n) is 4.27. The second kappa shape index (κ2) is 13.2. The molecule has 200 valence electrons. The number of aliphatic carboxylic acids is 1. The van der Waals surface area contributed by atoms with Crippen LogP contribution >= 0.6 is 0 Å². The van der Waals surface area contributed by atoms with Crippen LogP contribution in [0.3, 0.4) is 0 Å². The summed E-state index contributed by atoms with van der Waals surface area (Å²) in [5, 5.41) is 24.5. The van der Waals surface area contributed by atoms with E-state index in [0.717, 1.165) is 6.42 Å². The molecule has 10 nitrogen and oxygen atoms in total. The molecule has 1 aromatic carbocycles. The van der Waals surface area contributed by atoms with Gasteiger partial charge in [0.25, 0.3) is 0 Å². The maximum absolute atomic E-state index is 13.2. The van der Waals surface area contributed by atoms with Crippen molar-refractivity contribution in [2.45, 2.75) is 84.0 Å². The molecule has 0 unspecified atom stereocenters. The molecule has 2 rings (SSSR count). The van der Waals surface area contributed by atoms with Gasteiger partial charge >= 0.3 is 5.97 Å². The Morgan fingerprint density at radius 1 is 1.06 bits per heavy atom. The molecule has 1 saturated heterocycles. The largest absolute Gasteiger partial charge is 0.508 e. The number of benzene rings is 1. The molecule has 0 bridgehead atoms. The third-order valence-electron chi connectivity index (χ3n) is 7.16. The Balaban J connectivity index is 2.14. The van der Waals surface area contributed by atoms with Crippen molar-refractivity contribution >= 4 is 23.7 Å². The maximum atomic E-state index is 13.2. The molecule has 3 amide bonds. The first kappa shape index (κ1) is 29.1. The highest BCUT2D eigenvalue weighted by Crippen LogP contribution is 2.21. The first-order chi connectivity index (χ1) is 17.0. The lowest BCUT2D eigenvalue weighted by Gasteiger charge is -2.31. The van der Waals surface area contributed by atoms with Gasteiger partial charge in [-0.2, -0.15) is 0 Å². The average molecular weight is 505 g/mol. The van der Waals surface area contributed by atoms with Crippen LogP contribution in [0.5, 0.6) is 5.75 Å². The van der Waals surface area contributed by atoms with Gasteiger partial charge in [0.05, 0.1) is 6.04 Å². The number of carbonyl (C=O) groups is 4. The summed E-state index contributed by atoms with van der Waals surface area (Å²) in [5.41, 5.74) is 6.76. The molecule has 0 saturated carbocycles. The van der Waals surface area contributed by atoms with E-state index in [9.17, 15) is 29.4 Å². The molecule has 36 heavy (non-hydrogen) atoms. The summed E-state index contributed by atoms with van der Waals surface area (Å²) >= 11 is 0. The molecule has 1 heterocycles. The van der Waals surface area contributed by atoms with Crippen LogP contribution in [0.4, 0.5) is 0 Å². The van der Waals surface area contributed by atoms with Crippen LogP contribution in [-0.2, 0) is 25.6 Å². The Morgan fingerprint density at radius 3 is 2.22 bits per heavy atom. The van der Waals surface area contributed by atoms with Gasteiger partial charge in [-0.25, -0.2) is 4.79 Å². The van der Waals surface area contributed by atoms with Crippen LogP contribution in [0.1, 0.15) is 58.9 Å². The summed E-state index contributed by atoms with van der Waals surface area (Å²) in [6.07, 6.45) is 2.45. The molecule has 1 aliphatic heterocycles. The first-order valence-corrected chi connectivity index (χ1v) is 12.7. The highest BCUT2D eigenvalue weighted by Gasteiger charge is 2.39. The van der Waals surface area contributed by atoms with Crippen molar-refractivity contribution in [2.24, 2.45) is 17.6 Å². The van der Waals surface area contributed by atoms with Crippen molar-refractivity contribution in [3.63, 3.8) is 0 Å². The van der Waals surface area contributed by atoms with E-state index < -0.39 is 42.0 Å². The zero-order valence-electron chi connectivity index (χ0n) is 21.6. The van der Waals surface area contributed by atoms with Gasteiger partial charge in [-0.3, -0.25) is 14.4 Å². The van der Waals surface area contributed by atoms with Crippen LogP contribution in [0.15, 0.2) is 24.3 Å². The van der Waals surface area contributed by atoms with Crippen molar-refractivity contribution in [2.75, 3.05) is 6.54 Å². The summed E-state index contributed by atoms with van der Waals surface area (Å²) < 4.78 is 0. The second-order valence-electron chi connectivity index (χ2n) is 9.74. The number of nitrogens with two attached hydrogens (primary N) is 1. The number of hydrogen-bond donors (Lipinski definition) is 5. The van der Waals surface area contributed by atoms with Crippen molar-refractivity contribution < 1.29 is 29.4 Å². The number of likely N-dealkylation sites (tertiary alicyclic amines) is 1. The molecule has 0 aromatic heterocycles. The summed E-state index contributed by atoms with van der Waals surface area (Å²) in [7, 11) is 0. The summed E-state index contributed by atoms with van der Waals surface area (Å²) in [6.45, 7) is 7.95. The number of amides is 3. The number of hydrogen-bond acceptors (Lipinski definition) is 6. The van der Waals surface area contributed by atoms with Crippen LogP contribution in [0, 0.1) is 11.8 Å². The Morgan fingerprint density at radius 2 is 1.67 bits per heavy atom. The van der Waals surface area contributed by atoms with Gasteiger partial charge in [0.2, 0.25) is 17.7 Å². The molecule has 1 fully saturated rings. The molecule has 0 spiro atoms. The van der Waals surface area contributed by atoms with E-state index in [2.05, 4.69) is 10.6 Å².